The summed E-state index contributed by atoms with van der Waals surface area (Å²) < 4.78 is 24.1. The van der Waals surface area contributed by atoms with Gasteiger partial charge in [0.05, 0.1) is 17.8 Å². The van der Waals surface area contributed by atoms with Crippen molar-refractivity contribution in [3.8, 4) is 0 Å². The monoisotopic (exact) mass is 660 g/mol. The van der Waals surface area contributed by atoms with Crippen molar-refractivity contribution in [2.24, 2.45) is 50.7 Å². The number of hydrogen-bond acceptors (Lipinski definition) is 10. The molecule has 6 rings (SSSR count). The van der Waals surface area contributed by atoms with E-state index in [4.69, 9.17) is 18.9 Å². The van der Waals surface area contributed by atoms with E-state index in [2.05, 4.69) is 34.6 Å². The van der Waals surface area contributed by atoms with Crippen molar-refractivity contribution in [3.63, 3.8) is 0 Å². The van der Waals surface area contributed by atoms with E-state index in [0.29, 0.717) is 24.9 Å². The number of fused-ring (bicyclic) bond motifs is 4. The molecule has 0 aromatic rings. The molecule has 6 aliphatic rings. The van der Waals surface area contributed by atoms with E-state index >= 15 is 0 Å². The molecule has 1 aliphatic heterocycles. The molecule has 1 heterocycles. The maximum Gasteiger partial charge on any atom is 0.303 e. The van der Waals surface area contributed by atoms with E-state index in [-0.39, 0.29) is 57.9 Å². The number of ether oxygens (including phenoxy) is 4. The maximum atomic E-state index is 14.9. The summed E-state index contributed by atoms with van der Waals surface area (Å²) in [7, 11) is 0. The molecular formula is C37H56O10. The minimum absolute atomic E-state index is 0.0499. The number of carbonyl (C=O) groups is 4. The van der Waals surface area contributed by atoms with Crippen molar-refractivity contribution in [2.45, 2.75) is 149 Å². The molecule has 264 valence electrons. The second kappa shape index (κ2) is 11.4. The van der Waals surface area contributed by atoms with E-state index < -0.39 is 47.7 Å². The molecule has 2 N–H and O–H groups in total. The highest BCUT2D eigenvalue weighted by Crippen LogP contribution is 2.89. The maximum absolute atomic E-state index is 14.9. The van der Waals surface area contributed by atoms with E-state index in [1.54, 1.807) is 13.8 Å². The lowest BCUT2D eigenvalue weighted by Crippen LogP contribution is -2.59. The first kappa shape index (κ1) is 35.1. The number of ketones is 1. The third-order valence-electron chi connectivity index (χ3n) is 14.9. The zero-order valence-corrected chi connectivity index (χ0v) is 29.5. The standard InChI is InChI=1S/C37H56O10/c1-20-17-23(30(33(5,6)43)45-21(2)40)46-28-27(20)34(7)13-14-37-19-36(37)12-11-26(47-31(22(41)18-39)44-16-15-38)32(3,4)24(36)9-10-25(37)35(34,8)29(28)42/h15,18,20,22-28,30-31,41,43H,9-14,16-17,19H2,1-8H3/t20-,22-,23-,24+,25+,26+,27-,28+,30+,31+,34-,35-,36-,37+/m1/s1. The van der Waals surface area contributed by atoms with Crippen LogP contribution in [0.4, 0.5) is 0 Å². The number of rotatable bonds is 10. The fourth-order valence-corrected chi connectivity index (χ4v) is 12.9. The third-order valence-corrected chi connectivity index (χ3v) is 14.9. The van der Waals surface area contributed by atoms with Gasteiger partial charge in [-0.25, -0.2) is 0 Å². The summed E-state index contributed by atoms with van der Waals surface area (Å²) in [5, 5.41) is 21.2. The fourth-order valence-electron chi connectivity index (χ4n) is 12.9. The fraction of sp³-hybridized carbons (Fsp3) is 0.892. The van der Waals surface area contributed by atoms with Crippen molar-refractivity contribution in [1.82, 2.24) is 0 Å². The number of aldehydes is 2. The summed E-state index contributed by atoms with van der Waals surface area (Å²) in [4.78, 5) is 49.4. The Labute approximate surface area is 279 Å². The average Bonchev–Trinajstić information content (AvgIpc) is 3.62. The first-order chi connectivity index (χ1) is 21.9. The Bertz CT molecular complexity index is 1290. The van der Waals surface area contributed by atoms with Crippen LogP contribution in [-0.2, 0) is 38.1 Å². The second-order valence-electron chi connectivity index (χ2n) is 17.7. The minimum atomic E-state index is -1.48. The van der Waals surface area contributed by atoms with E-state index in [9.17, 15) is 29.4 Å². The molecule has 10 heteroatoms. The van der Waals surface area contributed by atoms with E-state index in [1.807, 2.05) is 0 Å². The van der Waals surface area contributed by atoms with Gasteiger partial charge in [0.2, 0.25) is 0 Å². The van der Waals surface area contributed by atoms with Gasteiger partial charge in [-0.1, -0.05) is 34.6 Å². The van der Waals surface area contributed by atoms with Crippen molar-refractivity contribution in [1.29, 1.82) is 0 Å². The number of aliphatic hydroxyl groups is 2. The summed E-state index contributed by atoms with van der Waals surface area (Å²) >= 11 is 0. The Balaban J connectivity index is 1.27. The highest BCUT2D eigenvalue weighted by Gasteiger charge is 2.85. The SMILES string of the molecule is CC(=O)O[C@@H]([C@H]1C[C@@H](C)[C@@H]2[C@H](O1)C(=O)[C@@]1(C)[C@@H]3CC[C@H]4C(C)(C)[C@@H](O[C@H](OCC=O)[C@H](O)C=O)CC[C@@]45C[C@@]35CC[C@]21C)C(C)(C)O. The van der Waals surface area contributed by atoms with Gasteiger partial charge in [-0.15, -0.1) is 0 Å². The summed E-state index contributed by atoms with van der Waals surface area (Å²) in [6.45, 7) is 15.5. The van der Waals surface area contributed by atoms with Crippen LogP contribution in [0.15, 0.2) is 0 Å². The number of aliphatic hydroxyl groups excluding tert-OH is 1. The molecule has 0 unspecified atom stereocenters. The Morgan fingerprint density at radius 2 is 1.72 bits per heavy atom. The van der Waals surface area contributed by atoms with Crippen LogP contribution in [0, 0.1) is 50.7 Å². The van der Waals surface area contributed by atoms with Crippen LogP contribution < -0.4 is 0 Å². The first-order valence-corrected chi connectivity index (χ1v) is 17.8. The van der Waals surface area contributed by atoms with Gasteiger partial charge in [-0.05, 0) is 105 Å². The molecule has 0 aromatic carbocycles. The molecule has 6 fully saturated rings. The Morgan fingerprint density at radius 1 is 1.06 bits per heavy atom. The zero-order valence-electron chi connectivity index (χ0n) is 29.5. The Hall–Kier alpha value is -1.72. The smallest absolute Gasteiger partial charge is 0.303 e. The van der Waals surface area contributed by atoms with Crippen LogP contribution >= 0.6 is 0 Å². The van der Waals surface area contributed by atoms with Gasteiger partial charge in [0.1, 0.15) is 19.0 Å². The molecule has 14 atom stereocenters. The molecule has 10 nitrogen and oxygen atoms in total. The second-order valence-corrected chi connectivity index (χ2v) is 17.7. The quantitative estimate of drug-likeness (QED) is 0.199. The zero-order chi connectivity index (χ0) is 34.5. The summed E-state index contributed by atoms with van der Waals surface area (Å²) in [5.74, 6) is 0.464. The number of Topliss-reactive ketones (excluding diaryl/α,β-unsaturated/α-hetero) is 1. The lowest BCUT2D eigenvalue weighted by Gasteiger charge is -2.62. The van der Waals surface area contributed by atoms with Crippen molar-refractivity contribution in [2.75, 3.05) is 6.61 Å². The molecule has 0 bridgehead atoms. The van der Waals surface area contributed by atoms with Gasteiger partial charge >= 0.3 is 5.97 Å². The normalized spacial score (nSPS) is 46.8. The van der Waals surface area contributed by atoms with Crippen LogP contribution in [0.1, 0.15) is 107 Å². The summed E-state index contributed by atoms with van der Waals surface area (Å²) in [6.07, 6.45) is 3.28. The number of esters is 1. The molecule has 5 aliphatic carbocycles. The largest absolute Gasteiger partial charge is 0.457 e. The molecule has 5 saturated carbocycles. The molecule has 47 heavy (non-hydrogen) atoms. The summed E-state index contributed by atoms with van der Waals surface area (Å²) in [6, 6.07) is 0. The van der Waals surface area contributed by atoms with Crippen LogP contribution in [0.2, 0.25) is 0 Å². The molecule has 2 spiro atoms. The van der Waals surface area contributed by atoms with Gasteiger partial charge < -0.3 is 38.7 Å². The van der Waals surface area contributed by atoms with E-state index in [1.165, 1.54) is 6.92 Å². The molecule has 0 radical (unpaired) electrons. The van der Waals surface area contributed by atoms with Gasteiger partial charge in [0.25, 0.3) is 0 Å². The average molecular weight is 661 g/mol. The minimum Gasteiger partial charge on any atom is -0.457 e. The third kappa shape index (κ3) is 4.81. The van der Waals surface area contributed by atoms with Gasteiger partial charge in [0, 0.05) is 18.3 Å². The molecule has 0 aromatic heterocycles. The Kier molecular flexibility index (Phi) is 8.52. The lowest BCUT2D eigenvalue weighted by molar-refractivity contribution is -0.249. The molecular weight excluding hydrogens is 604 g/mol. The number of hydrogen-bond donors (Lipinski definition) is 2. The van der Waals surface area contributed by atoms with Crippen molar-refractivity contribution >= 4 is 24.3 Å². The topological polar surface area (TPSA) is 146 Å². The van der Waals surface area contributed by atoms with Crippen molar-refractivity contribution in [3.05, 3.63) is 0 Å². The Morgan fingerprint density at radius 3 is 2.34 bits per heavy atom. The highest BCUT2D eigenvalue weighted by atomic mass is 16.7. The van der Waals surface area contributed by atoms with Crippen LogP contribution in [0.3, 0.4) is 0 Å². The van der Waals surface area contributed by atoms with Crippen LogP contribution in [0.25, 0.3) is 0 Å². The molecule has 0 amide bonds. The highest BCUT2D eigenvalue weighted by molar-refractivity contribution is 5.93. The van der Waals surface area contributed by atoms with Crippen LogP contribution in [-0.4, -0.2) is 83.6 Å². The predicted molar refractivity (Wildman–Crippen MR) is 170 cm³/mol. The van der Waals surface area contributed by atoms with Gasteiger partial charge in [-0.2, -0.15) is 0 Å². The summed E-state index contributed by atoms with van der Waals surface area (Å²) in [5.41, 5.74) is -2.25. The van der Waals surface area contributed by atoms with Crippen molar-refractivity contribution < 1.29 is 48.3 Å². The lowest BCUT2D eigenvalue weighted by atomic mass is 9.41. The molecule has 1 saturated heterocycles. The van der Waals surface area contributed by atoms with Gasteiger partial charge in [-0.3, -0.25) is 9.59 Å². The van der Waals surface area contributed by atoms with Crippen LogP contribution in [0.5, 0.6) is 0 Å². The predicted octanol–water partition coefficient (Wildman–Crippen LogP) is 4.20. The van der Waals surface area contributed by atoms with Gasteiger partial charge in [0.15, 0.2) is 30.6 Å². The number of carbonyl (C=O) groups excluding carboxylic acids is 4. The first-order valence-electron chi connectivity index (χ1n) is 17.8. The van der Waals surface area contributed by atoms with E-state index in [0.717, 1.165) is 44.9 Å².